The molecule has 0 aliphatic rings. The summed E-state index contributed by atoms with van der Waals surface area (Å²) in [5.74, 6) is 0.823. The van der Waals surface area contributed by atoms with Gasteiger partial charge in [-0.1, -0.05) is 30.3 Å². The van der Waals surface area contributed by atoms with Gasteiger partial charge in [-0.05, 0) is 35.6 Å². The zero-order chi connectivity index (χ0) is 14.8. The summed E-state index contributed by atoms with van der Waals surface area (Å²) in [7, 11) is 1.68. The minimum Gasteiger partial charge on any atom is -0.496 e. The van der Waals surface area contributed by atoms with Gasteiger partial charge in [0.25, 0.3) is 0 Å². The molecule has 2 aromatic carbocycles. The summed E-state index contributed by atoms with van der Waals surface area (Å²) in [5, 5.41) is 2.22. The molecule has 0 saturated heterocycles. The lowest BCUT2D eigenvalue weighted by molar-refractivity contribution is 0.407. The van der Waals surface area contributed by atoms with Gasteiger partial charge >= 0.3 is 0 Å². The highest BCUT2D eigenvalue weighted by Crippen LogP contribution is 2.32. The zero-order valence-electron chi connectivity index (χ0n) is 12.2. The number of methoxy groups -OCH3 is 1. The first-order valence-electron chi connectivity index (χ1n) is 6.93. The number of hydrogen-bond acceptors (Lipinski definition) is 3. The van der Waals surface area contributed by atoms with Crippen LogP contribution in [0.25, 0.3) is 10.8 Å². The van der Waals surface area contributed by atoms with E-state index in [2.05, 4.69) is 17.1 Å². The van der Waals surface area contributed by atoms with E-state index in [1.807, 2.05) is 43.5 Å². The topological polar surface area (TPSA) is 48.1 Å². The number of benzene rings is 2. The van der Waals surface area contributed by atoms with E-state index in [0.29, 0.717) is 0 Å². The van der Waals surface area contributed by atoms with E-state index < -0.39 is 0 Å². The average molecular weight is 278 g/mol. The molecule has 0 saturated carbocycles. The third-order valence-electron chi connectivity index (χ3n) is 3.78. The van der Waals surface area contributed by atoms with E-state index in [9.17, 15) is 0 Å². The Morgan fingerprint density at radius 2 is 1.95 bits per heavy atom. The first kappa shape index (κ1) is 13.6. The number of fused-ring (bicyclic) bond motifs is 1. The van der Waals surface area contributed by atoms with E-state index in [0.717, 1.165) is 33.2 Å². The third-order valence-corrected chi connectivity index (χ3v) is 3.78. The second kappa shape index (κ2) is 5.54. The zero-order valence-corrected chi connectivity index (χ0v) is 12.2. The average Bonchev–Trinajstić information content (AvgIpc) is 2.53. The first-order valence-corrected chi connectivity index (χ1v) is 6.93. The number of ether oxygens (including phenoxy) is 1. The van der Waals surface area contributed by atoms with Crippen LogP contribution in [0.3, 0.4) is 0 Å². The lowest BCUT2D eigenvalue weighted by Gasteiger charge is -2.18. The highest BCUT2D eigenvalue weighted by atomic mass is 16.5. The van der Waals surface area contributed by atoms with Crippen molar-refractivity contribution in [2.75, 3.05) is 7.11 Å². The Morgan fingerprint density at radius 1 is 1.10 bits per heavy atom. The quantitative estimate of drug-likeness (QED) is 0.796. The van der Waals surface area contributed by atoms with Crippen LogP contribution in [0.1, 0.15) is 22.7 Å². The van der Waals surface area contributed by atoms with Crippen LogP contribution >= 0.6 is 0 Å². The van der Waals surface area contributed by atoms with Crippen LogP contribution in [-0.4, -0.2) is 12.1 Å². The van der Waals surface area contributed by atoms with Gasteiger partial charge in [-0.25, -0.2) is 0 Å². The number of aryl methyl sites for hydroxylation is 1. The molecular weight excluding hydrogens is 260 g/mol. The molecule has 1 aromatic heterocycles. The van der Waals surface area contributed by atoms with E-state index >= 15 is 0 Å². The largest absolute Gasteiger partial charge is 0.496 e. The number of aromatic nitrogens is 1. The normalized spacial score (nSPS) is 12.3. The van der Waals surface area contributed by atoms with Gasteiger partial charge in [0.05, 0.1) is 13.2 Å². The number of pyridine rings is 1. The van der Waals surface area contributed by atoms with Crippen molar-refractivity contribution in [3.63, 3.8) is 0 Å². The highest BCUT2D eigenvalue weighted by molar-refractivity contribution is 5.85. The molecule has 0 radical (unpaired) electrons. The Kier molecular flexibility index (Phi) is 3.59. The number of hydrogen-bond donors (Lipinski definition) is 1. The lowest BCUT2D eigenvalue weighted by atomic mass is 9.94. The van der Waals surface area contributed by atoms with Crippen LogP contribution in [0, 0.1) is 6.92 Å². The fourth-order valence-corrected chi connectivity index (χ4v) is 2.65. The molecule has 3 heteroatoms. The molecule has 3 aromatic rings. The highest BCUT2D eigenvalue weighted by Gasteiger charge is 2.16. The van der Waals surface area contributed by atoms with E-state index in [4.69, 9.17) is 10.5 Å². The Balaban J connectivity index is 2.15. The maximum absolute atomic E-state index is 6.50. The molecule has 0 aliphatic carbocycles. The van der Waals surface area contributed by atoms with Crippen LogP contribution in [0.15, 0.2) is 54.9 Å². The van der Waals surface area contributed by atoms with Gasteiger partial charge in [-0.2, -0.15) is 0 Å². The van der Waals surface area contributed by atoms with Crippen molar-refractivity contribution in [2.45, 2.75) is 13.0 Å². The smallest absolute Gasteiger partial charge is 0.124 e. The summed E-state index contributed by atoms with van der Waals surface area (Å²) in [5.41, 5.74) is 9.70. The molecule has 106 valence electrons. The van der Waals surface area contributed by atoms with E-state index in [-0.39, 0.29) is 6.04 Å². The van der Waals surface area contributed by atoms with E-state index in [1.165, 1.54) is 0 Å². The molecule has 0 spiro atoms. The third kappa shape index (κ3) is 2.48. The van der Waals surface area contributed by atoms with Crippen LogP contribution in [0.5, 0.6) is 5.75 Å². The SMILES string of the molecule is COc1cc(C)ccc1C(N)c1cccc2ccncc12. The fraction of sp³-hybridized carbons (Fsp3) is 0.167. The van der Waals surface area contributed by atoms with Crippen molar-refractivity contribution in [1.29, 1.82) is 0 Å². The summed E-state index contributed by atoms with van der Waals surface area (Å²) in [6.45, 7) is 2.04. The summed E-state index contributed by atoms with van der Waals surface area (Å²) in [6, 6.07) is 14.0. The van der Waals surface area contributed by atoms with Gasteiger partial charge < -0.3 is 10.5 Å². The predicted molar refractivity (Wildman–Crippen MR) is 85.5 cm³/mol. The van der Waals surface area contributed by atoms with Gasteiger partial charge in [0.15, 0.2) is 0 Å². The Labute approximate surface area is 124 Å². The minimum absolute atomic E-state index is 0.242. The summed E-state index contributed by atoms with van der Waals surface area (Å²) >= 11 is 0. The minimum atomic E-state index is -0.242. The number of nitrogens with two attached hydrogens (primary N) is 1. The second-order valence-corrected chi connectivity index (χ2v) is 5.17. The molecule has 1 unspecified atom stereocenters. The molecule has 1 heterocycles. The molecule has 0 aliphatic heterocycles. The lowest BCUT2D eigenvalue weighted by Crippen LogP contribution is -2.13. The maximum atomic E-state index is 6.50. The molecule has 3 rings (SSSR count). The monoisotopic (exact) mass is 278 g/mol. The Hall–Kier alpha value is -2.39. The van der Waals surface area contributed by atoms with Crippen molar-refractivity contribution in [3.05, 3.63) is 71.5 Å². The summed E-state index contributed by atoms with van der Waals surface area (Å²) < 4.78 is 5.49. The molecule has 21 heavy (non-hydrogen) atoms. The molecule has 1 atom stereocenters. The van der Waals surface area contributed by atoms with Gasteiger partial charge in [0.1, 0.15) is 5.75 Å². The van der Waals surface area contributed by atoms with Gasteiger partial charge in [-0.15, -0.1) is 0 Å². The predicted octanol–water partition coefficient (Wildman–Crippen LogP) is 3.60. The molecule has 2 N–H and O–H groups in total. The van der Waals surface area contributed by atoms with Crippen LogP contribution < -0.4 is 10.5 Å². The van der Waals surface area contributed by atoms with Crippen LogP contribution in [0.2, 0.25) is 0 Å². The van der Waals surface area contributed by atoms with Gasteiger partial charge in [0, 0.05) is 23.3 Å². The molecule has 0 bridgehead atoms. The second-order valence-electron chi connectivity index (χ2n) is 5.17. The van der Waals surface area contributed by atoms with E-state index in [1.54, 1.807) is 13.3 Å². The van der Waals surface area contributed by atoms with Crippen molar-refractivity contribution < 1.29 is 4.74 Å². The Bertz CT molecular complexity index is 778. The van der Waals surface area contributed by atoms with Crippen molar-refractivity contribution >= 4 is 10.8 Å². The fourth-order valence-electron chi connectivity index (χ4n) is 2.65. The van der Waals surface area contributed by atoms with Gasteiger partial charge in [0.2, 0.25) is 0 Å². The standard InChI is InChI=1S/C18H18N2O/c1-12-6-7-15(17(10-12)21-2)18(19)14-5-3-4-13-8-9-20-11-16(13)14/h3-11,18H,19H2,1-2H3. The first-order chi connectivity index (χ1) is 10.2. The molecular formula is C18H18N2O. The molecule has 0 fully saturated rings. The van der Waals surface area contributed by atoms with Gasteiger partial charge in [-0.3, -0.25) is 4.98 Å². The van der Waals surface area contributed by atoms with Crippen molar-refractivity contribution in [2.24, 2.45) is 5.73 Å². The van der Waals surface area contributed by atoms with Crippen molar-refractivity contribution in [3.8, 4) is 5.75 Å². The van der Waals surface area contributed by atoms with Crippen LogP contribution in [0.4, 0.5) is 0 Å². The molecule has 3 nitrogen and oxygen atoms in total. The summed E-state index contributed by atoms with van der Waals surface area (Å²) in [6.07, 6.45) is 3.66. The maximum Gasteiger partial charge on any atom is 0.124 e. The Morgan fingerprint density at radius 3 is 2.76 bits per heavy atom. The summed E-state index contributed by atoms with van der Waals surface area (Å²) in [4.78, 5) is 4.22. The molecule has 0 amide bonds. The number of rotatable bonds is 3. The number of nitrogens with zero attached hydrogens (tertiary/aromatic N) is 1. The van der Waals surface area contributed by atoms with Crippen molar-refractivity contribution in [1.82, 2.24) is 4.98 Å². The van der Waals surface area contributed by atoms with Crippen LogP contribution in [-0.2, 0) is 0 Å².